The van der Waals surface area contributed by atoms with Crippen molar-refractivity contribution < 1.29 is 19.0 Å². The first kappa shape index (κ1) is 25.2. The topological polar surface area (TPSA) is 46.5 Å². The zero-order valence-corrected chi connectivity index (χ0v) is 22.8. The molecule has 3 aromatic rings. The molecule has 0 radical (unpaired) electrons. The van der Waals surface area contributed by atoms with Crippen LogP contribution >= 0.6 is 0 Å². The summed E-state index contributed by atoms with van der Waals surface area (Å²) >= 11 is 0. The molecule has 3 aromatic carbocycles. The molecule has 1 N–H and O–H groups in total. The summed E-state index contributed by atoms with van der Waals surface area (Å²) in [5.74, 6) is 0.127. The Balaban J connectivity index is 1.30. The number of rotatable bonds is 6. The highest BCUT2D eigenvalue weighted by Crippen LogP contribution is 2.66. The predicted octanol–water partition coefficient (Wildman–Crippen LogP) is 8.21. The van der Waals surface area contributed by atoms with Crippen LogP contribution in [0, 0.1) is 30.0 Å². The highest BCUT2D eigenvalue weighted by atomic mass is 19.1. The number of hydrogen-bond acceptors (Lipinski definition) is 2. The summed E-state index contributed by atoms with van der Waals surface area (Å²) < 4.78 is 21.3. The van der Waals surface area contributed by atoms with Gasteiger partial charge in [-0.3, -0.25) is 4.79 Å². The molecule has 3 aliphatic rings. The van der Waals surface area contributed by atoms with E-state index >= 15 is 4.39 Å². The quantitative estimate of drug-likeness (QED) is 0.362. The summed E-state index contributed by atoms with van der Waals surface area (Å²) in [4.78, 5) is 11.8. The summed E-state index contributed by atoms with van der Waals surface area (Å²) in [5.41, 5.74) is 7.32. The third kappa shape index (κ3) is 3.95. The minimum atomic E-state index is -0.691. The third-order valence-corrected chi connectivity index (χ3v) is 9.98. The van der Waals surface area contributed by atoms with Crippen molar-refractivity contribution in [2.24, 2.45) is 17.3 Å². The molecule has 4 atom stereocenters. The Morgan fingerprint density at radius 1 is 1.05 bits per heavy atom. The maximum absolute atomic E-state index is 15.0. The second-order valence-corrected chi connectivity index (χ2v) is 12.6. The number of halogens is 1. The zero-order valence-electron chi connectivity index (χ0n) is 22.8. The SMILES string of the molecule is Cc1ccc(F)c(-c2ccc(COc3ccc4c(c3)[C@@]3(CC4)[C@@H](C)[C@@H]3C(=O)O)cc2[C@@H]2CCCC2(C)C)c1. The van der Waals surface area contributed by atoms with Crippen molar-refractivity contribution in [1.82, 2.24) is 0 Å². The van der Waals surface area contributed by atoms with Crippen molar-refractivity contribution in [3.63, 3.8) is 0 Å². The average molecular weight is 513 g/mol. The molecule has 0 aliphatic heterocycles. The van der Waals surface area contributed by atoms with E-state index in [2.05, 4.69) is 51.1 Å². The van der Waals surface area contributed by atoms with E-state index in [1.807, 2.05) is 25.1 Å². The summed E-state index contributed by atoms with van der Waals surface area (Å²) in [6, 6.07) is 17.9. The van der Waals surface area contributed by atoms with Crippen molar-refractivity contribution in [1.29, 1.82) is 0 Å². The number of carboxylic acids is 1. The van der Waals surface area contributed by atoms with Gasteiger partial charge in [0.2, 0.25) is 0 Å². The van der Waals surface area contributed by atoms with E-state index in [9.17, 15) is 9.90 Å². The highest BCUT2D eigenvalue weighted by molar-refractivity contribution is 5.79. The summed E-state index contributed by atoms with van der Waals surface area (Å²) in [7, 11) is 0. The zero-order chi connectivity index (χ0) is 26.8. The Hall–Kier alpha value is -3.14. The highest BCUT2D eigenvalue weighted by Gasteiger charge is 2.68. The van der Waals surface area contributed by atoms with Gasteiger partial charge in [-0.2, -0.15) is 0 Å². The van der Waals surface area contributed by atoms with Gasteiger partial charge in [0, 0.05) is 11.0 Å². The molecule has 0 aromatic heterocycles. The van der Waals surface area contributed by atoms with Gasteiger partial charge in [-0.25, -0.2) is 4.39 Å². The maximum Gasteiger partial charge on any atom is 0.307 e. The van der Waals surface area contributed by atoms with Gasteiger partial charge >= 0.3 is 5.97 Å². The second-order valence-electron chi connectivity index (χ2n) is 12.6. The standard InChI is InChI=1S/C34H37FO3/c1-20-7-12-30(35)27(16-20)25-11-8-22(17-26(25)28-6-5-14-33(28,3)4)19-38-24-10-9-23-13-15-34(29(23)18-24)21(2)31(34)32(36)37/h7-12,16-18,21,28,31H,5-6,13-15,19H2,1-4H3,(H,36,37)/t21-,28-,31+,34+/m0/s1. The van der Waals surface area contributed by atoms with Crippen LogP contribution in [0.1, 0.15) is 80.2 Å². The van der Waals surface area contributed by atoms with Gasteiger partial charge in [-0.15, -0.1) is 0 Å². The van der Waals surface area contributed by atoms with Crippen LogP contribution in [0.3, 0.4) is 0 Å². The fraction of sp³-hybridized carbons (Fsp3) is 0.441. The molecular formula is C34H37FO3. The van der Waals surface area contributed by atoms with E-state index in [-0.39, 0.29) is 28.5 Å². The molecule has 3 aliphatic carbocycles. The van der Waals surface area contributed by atoms with Crippen LogP contribution in [0.4, 0.5) is 4.39 Å². The third-order valence-electron chi connectivity index (χ3n) is 9.98. The van der Waals surface area contributed by atoms with Gasteiger partial charge in [0.05, 0.1) is 5.92 Å². The van der Waals surface area contributed by atoms with E-state index in [0.29, 0.717) is 18.1 Å². The van der Waals surface area contributed by atoms with Gasteiger partial charge in [0.1, 0.15) is 18.2 Å². The fourth-order valence-electron chi connectivity index (χ4n) is 7.78. The number of hydrogen-bond donors (Lipinski definition) is 1. The number of aryl methyl sites for hydroxylation is 2. The number of ether oxygens (including phenoxy) is 1. The first-order valence-corrected chi connectivity index (χ1v) is 14.0. The van der Waals surface area contributed by atoms with Gasteiger partial charge in [-0.1, -0.05) is 63.1 Å². The molecule has 3 nitrogen and oxygen atoms in total. The van der Waals surface area contributed by atoms with Crippen LogP contribution in [0.2, 0.25) is 0 Å². The lowest BCUT2D eigenvalue weighted by atomic mass is 9.75. The monoisotopic (exact) mass is 512 g/mol. The molecule has 2 saturated carbocycles. The number of fused-ring (bicyclic) bond motifs is 2. The molecular weight excluding hydrogens is 475 g/mol. The second kappa shape index (κ2) is 8.97. The van der Waals surface area contributed by atoms with Crippen LogP contribution in [0.5, 0.6) is 5.75 Å². The fourth-order valence-corrected chi connectivity index (χ4v) is 7.78. The van der Waals surface area contributed by atoms with Crippen LogP contribution in [-0.4, -0.2) is 11.1 Å². The Kier molecular flexibility index (Phi) is 5.93. The van der Waals surface area contributed by atoms with Gasteiger partial charge in [0.15, 0.2) is 0 Å². The molecule has 0 amide bonds. The van der Waals surface area contributed by atoms with Crippen LogP contribution in [0.25, 0.3) is 11.1 Å². The average Bonchev–Trinajstić information content (AvgIpc) is 3.11. The summed E-state index contributed by atoms with van der Waals surface area (Å²) in [5, 5.41) is 9.73. The van der Waals surface area contributed by atoms with E-state index in [0.717, 1.165) is 47.3 Å². The molecule has 0 bridgehead atoms. The lowest BCUT2D eigenvalue weighted by Crippen LogP contribution is -2.17. The first-order chi connectivity index (χ1) is 18.1. The van der Waals surface area contributed by atoms with Crippen LogP contribution in [0.15, 0.2) is 54.6 Å². The Labute approximate surface area is 225 Å². The Morgan fingerprint density at radius 3 is 2.58 bits per heavy atom. The van der Waals surface area contributed by atoms with Crippen molar-refractivity contribution in [3.8, 4) is 16.9 Å². The lowest BCUT2D eigenvalue weighted by molar-refractivity contribution is -0.139. The molecule has 1 spiro atoms. The van der Waals surface area contributed by atoms with Crippen LogP contribution in [-0.2, 0) is 23.2 Å². The molecule has 0 unspecified atom stereocenters. The number of benzene rings is 3. The van der Waals surface area contributed by atoms with Crippen molar-refractivity contribution in [2.45, 2.75) is 77.7 Å². The largest absolute Gasteiger partial charge is 0.489 e. The predicted molar refractivity (Wildman–Crippen MR) is 148 cm³/mol. The smallest absolute Gasteiger partial charge is 0.307 e. The molecule has 198 valence electrons. The molecule has 0 saturated heterocycles. The number of carbonyl (C=O) groups is 1. The van der Waals surface area contributed by atoms with Gasteiger partial charge in [-0.05, 0) is 102 Å². The van der Waals surface area contributed by atoms with E-state index in [4.69, 9.17) is 4.74 Å². The van der Waals surface area contributed by atoms with Gasteiger partial charge < -0.3 is 9.84 Å². The normalized spacial score (nSPS) is 26.9. The van der Waals surface area contributed by atoms with Crippen LogP contribution < -0.4 is 4.74 Å². The minimum absolute atomic E-state index is 0.156. The molecule has 38 heavy (non-hydrogen) atoms. The molecule has 0 heterocycles. The Bertz CT molecular complexity index is 1420. The first-order valence-electron chi connectivity index (χ1n) is 14.0. The van der Waals surface area contributed by atoms with E-state index in [1.54, 1.807) is 6.07 Å². The summed E-state index contributed by atoms with van der Waals surface area (Å²) in [6.07, 6.45) is 5.29. The number of carboxylic acid groups (broad SMARTS) is 1. The Morgan fingerprint density at radius 2 is 1.87 bits per heavy atom. The van der Waals surface area contributed by atoms with Crippen molar-refractivity contribution in [3.05, 3.63) is 88.2 Å². The summed E-state index contributed by atoms with van der Waals surface area (Å²) in [6.45, 7) is 9.14. The maximum atomic E-state index is 15.0. The van der Waals surface area contributed by atoms with Gasteiger partial charge in [0.25, 0.3) is 0 Å². The molecule has 6 rings (SSSR count). The molecule has 2 fully saturated rings. The van der Waals surface area contributed by atoms with Crippen molar-refractivity contribution >= 4 is 5.97 Å². The minimum Gasteiger partial charge on any atom is -0.489 e. The van der Waals surface area contributed by atoms with E-state index < -0.39 is 5.97 Å². The lowest BCUT2D eigenvalue weighted by Gasteiger charge is -2.30. The molecule has 4 heteroatoms. The number of aliphatic carboxylic acids is 1. The van der Waals surface area contributed by atoms with Crippen molar-refractivity contribution in [2.75, 3.05) is 0 Å². The van der Waals surface area contributed by atoms with E-state index in [1.165, 1.54) is 24.0 Å².